The van der Waals surface area contributed by atoms with Crippen LogP contribution in [0, 0.1) is 0 Å². The second kappa shape index (κ2) is 7.20. The molecule has 0 bridgehead atoms. The minimum absolute atomic E-state index is 0.0842. The van der Waals surface area contributed by atoms with E-state index < -0.39 is 0 Å². The van der Waals surface area contributed by atoms with E-state index in [0.29, 0.717) is 16.3 Å². The molecule has 1 heterocycles. The lowest BCUT2D eigenvalue weighted by Gasteiger charge is -2.11. The number of aromatic nitrogens is 4. The SMILES string of the molecule is O=C(NCc1ccccc1CO)c1cc(Cl)ccc1-n1cnnn1. The molecule has 0 atom stereocenters. The molecule has 0 saturated heterocycles. The molecule has 0 aliphatic rings. The number of hydrogen-bond acceptors (Lipinski definition) is 5. The summed E-state index contributed by atoms with van der Waals surface area (Å²) in [4.78, 5) is 12.6. The van der Waals surface area contributed by atoms with E-state index in [-0.39, 0.29) is 19.1 Å². The molecule has 0 radical (unpaired) electrons. The molecule has 0 saturated carbocycles. The standard InChI is InChI=1S/C16H14ClN5O2/c17-13-5-6-15(22-10-19-20-21-22)14(7-13)16(24)18-8-11-3-1-2-4-12(11)9-23/h1-7,10,23H,8-9H2,(H,18,24). The minimum atomic E-state index is -0.309. The molecule has 0 aliphatic heterocycles. The third-order valence-electron chi connectivity index (χ3n) is 3.53. The van der Waals surface area contributed by atoms with Crippen molar-refractivity contribution in [3.63, 3.8) is 0 Å². The molecule has 2 N–H and O–H groups in total. The predicted octanol–water partition coefficient (Wildman–Crippen LogP) is 1.74. The Balaban J connectivity index is 1.84. The number of amides is 1. The first-order chi connectivity index (χ1) is 11.7. The van der Waals surface area contributed by atoms with Crippen molar-refractivity contribution < 1.29 is 9.90 Å². The average Bonchev–Trinajstić information content (AvgIpc) is 3.14. The van der Waals surface area contributed by atoms with Crippen LogP contribution in [0.1, 0.15) is 21.5 Å². The summed E-state index contributed by atoms with van der Waals surface area (Å²) in [5.74, 6) is -0.309. The lowest BCUT2D eigenvalue weighted by atomic mass is 10.1. The summed E-state index contributed by atoms with van der Waals surface area (Å²) < 4.78 is 1.40. The molecule has 3 aromatic rings. The van der Waals surface area contributed by atoms with Crippen molar-refractivity contribution in [3.05, 3.63) is 70.5 Å². The van der Waals surface area contributed by atoms with Crippen LogP contribution < -0.4 is 5.32 Å². The van der Waals surface area contributed by atoms with Gasteiger partial charge in [0.05, 0.1) is 17.9 Å². The van der Waals surface area contributed by atoms with Crippen molar-refractivity contribution in [3.8, 4) is 5.69 Å². The first-order valence-electron chi connectivity index (χ1n) is 7.18. The second-order valence-electron chi connectivity index (χ2n) is 5.03. The zero-order chi connectivity index (χ0) is 16.9. The minimum Gasteiger partial charge on any atom is -0.392 e. The van der Waals surface area contributed by atoms with Crippen LogP contribution in [-0.4, -0.2) is 31.2 Å². The molecule has 3 rings (SSSR count). The van der Waals surface area contributed by atoms with Gasteiger partial charge in [-0.05, 0) is 39.8 Å². The average molecular weight is 344 g/mol. The van der Waals surface area contributed by atoms with Gasteiger partial charge in [0.2, 0.25) is 0 Å². The summed E-state index contributed by atoms with van der Waals surface area (Å²) in [6.07, 6.45) is 1.40. The molecule has 0 fully saturated rings. The zero-order valence-electron chi connectivity index (χ0n) is 12.6. The number of benzene rings is 2. The first-order valence-corrected chi connectivity index (χ1v) is 7.55. The topological polar surface area (TPSA) is 92.9 Å². The Morgan fingerprint density at radius 1 is 1.21 bits per heavy atom. The molecule has 2 aromatic carbocycles. The van der Waals surface area contributed by atoms with Crippen LogP contribution in [0.2, 0.25) is 5.02 Å². The van der Waals surface area contributed by atoms with Crippen LogP contribution in [0.25, 0.3) is 5.69 Å². The van der Waals surface area contributed by atoms with Crippen molar-refractivity contribution in [2.75, 3.05) is 0 Å². The molecule has 24 heavy (non-hydrogen) atoms. The number of nitrogens with one attached hydrogen (secondary N) is 1. The summed E-state index contributed by atoms with van der Waals surface area (Å²) >= 11 is 6.01. The summed E-state index contributed by atoms with van der Waals surface area (Å²) in [6, 6.07) is 12.3. The number of aliphatic hydroxyl groups excluding tert-OH is 1. The van der Waals surface area contributed by atoms with E-state index in [0.717, 1.165) is 11.1 Å². The zero-order valence-corrected chi connectivity index (χ0v) is 13.3. The maximum Gasteiger partial charge on any atom is 0.253 e. The molecule has 1 amide bonds. The first kappa shape index (κ1) is 16.1. The number of carbonyl (C=O) groups is 1. The number of aliphatic hydroxyl groups is 1. The van der Waals surface area contributed by atoms with Gasteiger partial charge < -0.3 is 10.4 Å². The van der Waals surface area contributed by atoms with E-state index >= 15 is 0 Å². The third kappa shape index (κ3) is 3.42. The molecule has 7 nitrogen and oxygen atoms in total. The van der Waals surface area contributed by atoms with Crippen molar-refractivity contribution >= 4 is 17.5 Å². The molecule has 0 aliphatic carbocycles. The molecule has 0 spiro atoms. The fraction of sp³-hybridized carbons (Fsp3) is 0.125. The van der Waals surface area contributed by atoms with Gasteiger partial charge in [-0.25, -0.2) is 0 Å². The molecule has 8 heteroatoms. The van der Waals surface area contributed by atoms with E-state index in [1.54, 1.807) is 18.2 Å². The Morgan fingerprint density at radius 3 is 2.71 bits per heavy atom. The van der Waals surface area contributed by atoms with Gasteiger partial charge in [0.25, 0.3) is 5.91 Å². The van der Waals surface area contributed by atoms with Gasteiger partial charge in [0, 0.05) is 11.6 Å². The molecular formula is C16H14ClN5O2. The van der Waals surface area contributed by atoms with Gasteiger partial charge in [0.1, 0.15) is 6.33 Å². The maximum absolute atomic E-state index is 12.6. The highest BCUT2D eigenvalue weighted by Gasteiger charge is 2.15. The van der Waals surface area contributed by atoms with Crippen LogP contribution >= 0.6 is 11.6 Å². The number of rotatable bonds is 5. The van der Waals surface area contributed by atoms with E-state index in [9.17, 15) is 9.90 Å². The Hall–Kier alpha value is -2.77. The van der Waals surface area contributed by atoms with E-state index in [1.807, 2.05) is 24.3 Å². The molecule has 122 valence electrons. The van der Waals surface area contributed by atoms with Gasteiger partial charge in [-0.1, -0.05) is 35.9 Å². The molecular weight excluding hydrogens is 330 g/mol. The normalized spacial score (nSPS) is 10.6. The monoisotopic (exact) mass is 343 g/mol. The highest BCUT2D eigenvalue weighted by Crippen LogP contribution is 2.19. The third-order valence-corrected chi connectivity index (χ3v) is 3.76. The Bertz CT molecular complexity index is 851. The smallest absolute Gasteiger partial charge is 0.253 e. The highest BCUT2D eigenvalue weighted by atomic mass is 35.5. The number of nitrogens with zero attached hydrogens (tertiary/aromatic N) is 4. The quantitative estimate of drug-likeness (QED) is 0.736. The predicted molar refractivity (Wildman–Crippen MR) is 87.7 cm³/mol. The second-order valence-corrected chi connectivity index (χ2v) is 5.46. The highest BCUT2D eigenvalue weighted by molar-refractivity contribution is 6.31. The van der Waals surface area contributed by atoms with Gasteiger partial charge in [-0.15, -0.1) is 5.10 Å². The van der Waals surface area contributed by atoms with E-state index in [4.69, 9.17) is 11.6 Å². The number of carbonyl (C=O) groups excluding carboxylic acids is 1. The van der Waals surface area contributed by atoms with Crippen molar-refractivity contribution in [1.29, 1.82) is 0 Å². The van der Waals surface area contributed by atoms with Crippen LogP contribution in [0.5, 0.6) is 0 Å². The van der Waals surface area contributed by atoms with Gasteiger partial charge >= 0.3 is 0 Å². The fourth-order valence-electron chi connectivity index (χ4n) is 2.32. The Morgan fingerprint density at radius 2 is 2.00 bits per heavy atom. The summed E-state index contributed by atoms with van der Waals surface area (Å²) in [5, 5.41) is 23.6. The fourth-order valence-corrected chi connectivity index (χ4v) is 2.49. The summed E-state index contributed by atoms with van der Waals surface area (Å²) in [5.41, 5.74) is 2.50. The number of tetrazole rings is 1. The van der Waals surface area contributed by atoms with Crippen LogP contribution in [0.4, 0.5) is 0 Å². The van der Waals surface area contributed by atoms with Crippen molar-refractivity contribution in [1.82, 2.24) is 25.5 Å². The summed E-state index contributed by atoms with van der Waals surface area (Å²) in [7, 11) is 0. The van der Waals surface area contributed by atoms with Crippen molar-refractivity contribution in [2.45, 2.75) is 13.2 Å². The molecule has 0 unspecified atom stereocenters. The number of hydrogen-bond donors (Lipinski definition) is 2. The largest absolute Gasteiger partial charge is 0.392 e. The lowest BCUT2D eigenvalue weighted by molar-refractivity contribution is 0.0950. The van der Waals surface area contributed by atoms with Gasteiger partial charge in [-0.2, -0.15) is 4.68 Å². The van der Waals surface area contributed by atoms with E-state index in [1.165, 1.54) is 11.0 Å². The van der Waals surface area contributed by atoms with Gasteiger partial charge in [-0.3, -0.25) is 4.79 Å². The summed E-state index contributed by atoms with van der Waals surface area (Å²) in [6.45, 7) is 0.205. The van der Waals surface area contributed by atoms with Gasteiger partial charge in [0.15, 0.2) is 0 Å². The van der Waals surface area contributed by atoms with Crippen LogP contribution in [-0.2, 0) is 13.2 Å². The maximum atomic E-state index is 12.6. The molecule has 1 aromatic heterocycles. The van der Waals surface area contributed by atoms with Crippen LogP contribution in [0.3, 0.4) is 0 Å². The lowest BCUT2D eigenvalue weighted by Crippen LogP contribution is -2.25. The number of halogens is 1. The van der Waals surface area contributed by atoms with Crippen molar-refractivity contribution in [2.24, 2.45) is 0 Å². The Labute approximate surface area is 142 Å². The van der Waals surface area contributed by atoms with E-state index in [2.05, 4.69) is 20.8 Å². The van der Waals surface area contributed by atoms with Crippen LogP contribution in [0.15, 0.2) is 48.8 Å². The Kier molecular flexibility index (Phi) is 4.83.